The number of nitrogen functional groups attached to an aromatic ring is 1. The normalized spacial score (nSPS) is 11.4. The molecule has 0 fully saturated rings. The highest BCUT2D eigenvalue weighted by Crippen LogP contribution is 2.12. The lowest BCUT2D eigenvalue weighted by Gasteiger charge is -2.05. The Hall–Kier alpha value is -3.61. The Morgan fingerprint density at radius 3 is 2.54 bits per heavy atom. The Morgan fingerprint density at radius 1 is 1.04 bits per heavy atom. The van der Waals surface area contributed by atoms with Gasteiger partial charge in [0.05, 0.1) is 5.56 Å². The maximum Gasteiger partial charge on any atom is 0.347 e. The van der Waals surface area contributed by atoms with Crippen LogP contribution >= 0.6 is 0 Å². The molecule has 0 atom stereocenters. The smallest absolute Gasteiger partial charge is 0.347 e. The van der Waals surface area contributed by atoms with Gasteiger partial charge in [0, 0.05) is 11.1 Å². The third kappa shape index (κ3) is 2.95. The average Bonchev–Trinajstić information content (AvgIpc) is 2.59. The Morgan fingerprint density at radius 2 is 1.75 bits per heavy atom. The van der Waals surface area contributed by atoms with Crippen LogP contribution in [0.2, 0.25) is 0 Å². The van der Waals surface area contributed by atoms with Crippen molar-refractivity contribution in [2.45, 2.75) is 0 Å². The van der Waals surface area contributed by atoms with E-state index in [1.165, 1.54) is 0 Å². The molecule has 7 heteroatoms. The molecule has 1 amide bonds. The monoisotopic (exact) mass is 322 g/mol. The number of hydrogen-bond donors (Lipinski definition) is 3. The van der Waals surface area contributed by atoms with Crippen LogP contribution in [0.25, 0.3) is 11.0 Å². The summed E-state index contributed by atoms with van der Waals surface area (Å²) in [4.78, 5) is 24.0. The second kappa shape index (κ2) is 6.25. The standard InChI is InChI=1S/C17H14N4O3/c18-13-7-3-2-6-11(13)16(22)21-20-15(19)12-9-10-5-1-4-8-14(10)24-17(12)23/h1-9H,18H2,(H2,19,20)(H,21,22). The summed E-state index contributed by atoms with van der Waals surface area (Å²) in [5, 5.41) is 4.46. The molecule has 24 heavy (non-hydrogen) atoms. The van der Waals surface area contributed by atoms with E-state index in [2.05, 4.69) is 10.5 Å². The summed E-state index contributed by atoms with van der Waals surface area (Å²) in [7, 11) is 0. The molecule has 3 aromatic rings. The summed E-state index contributed by atoms with van der Waals surface area (Å²) in [6.45, 7) is 0. The molecular formula is C17H14N4O3. The first kappa shape index (κ1) is 15.3. The van der Waals surface area contributed by atoms with Gasteiger partial charge < -0.3 is 15.9 Å². The number of fused-ring (bicyclic) bond motifs is 1. The minimum atomic E-state index is -0.636. The molecule has 1 heterocycles. The number of benzene rings is 2. The number of amidine groups is 1. The summed E-state index contributed by atoms with van der Waals surface area (Å²) in [5.74, 6) is -0.682. The van der Waals surface area contributed by atoms with E-state index in [9.17, 15) is 9.59 Å². The predicted octanol–water partition coefficient (Wildman–Crippen LogP) is 1.43. The molecule has 0 bridgehead atoms. The van der Waals surface area contributed by atoms with Gasteiger partial charge in [-0.2, -0.15) is 5.10 Å². The topological polar surface area (TPSA) is 124 Å². The summed E-state index contributed by atoms with van der Waals surface area (Å²) >= 11 is 0. The Labute approximate surface area is 136 Å². The van der Waals surface area contributed by atoms with E-state index in [-0.39, 0.29) is 17.0 Å². The van der Waals surface area contributed by atoms with Gasteiger partial charge >= 0.3 is 5.63 Å². The molecule has 7 nitrogen and oxygen atoms in total. The molecular weight excluding hydrogens is 308 g/mol. The molecule has 3 rings (SSSR count). The van der Waals surface area contributed by atoms with Crippen molar-refractivity contribution in [3.05, 3.63) is 76.1 Å². The van der Waals surface area contributed by atoms with Gasteiger partial charge in [0.1, 0.15) is 11.1 Å². The van der Waals surface area contributed by atoms with E-state index in [1.807, 2.05) is 0 Å². The zero-order valence-corrected chi connectivity index (χ0v) is 12.5. The van der Waals surface area contributed by atoms with Gasteiger partial charge in [-0.05, 0) is 24.3 Å². The van der Waals surface area contributed by atoms with Crippen molar-refractivity contribution in [2.24, 2.45) is 10.8 Å². The first-order chi connectivity index (χ1) is 11.6. The Kier molecular flexibility index (Phi) is 3.98. The molecule has 0 aliphatic rings. The van der Waals surface area contributed by atoms with Gasteiger partial charge in [-0.15, -0.1) is 0 Å². The fourth-order valence-corrected chi connectivity index (χ4v) is 2.18. The molecule has 2 aromatic carbocycles. The quantitative estimate of drug-likeness (QED) is 0.221. The maximum absolute atomic E-state index is 12.0. The number of hydrogen-bond acceptors (Lipinski definition) is 5. The van der Waals surface area contributed by atoms with Crippen molar-refractivity contribution in [1.29, 1.82) is 0 Å². The Balaban J connectivity index is 1.89. The molecule has 5 N–H and O–H groups in total. The lowest BCUT2D eigenvalue weighted by atomic mass is 10.2. The number of carbonyl (C=O) groups excluding carboxylic acids is 1. The van der Waals surface area contributed by atoms with Crippen LogP contribution in [0.3, 0.4) is 0 Å². The lowest BCUT2D eigenvalue weighted by Crippen LogP contribution is -2.28. The highest BCUT2D eigenvalue weighted by atomic mass is 16.4. The third-order valence-electron chi connectivity index (χ3n) is 3.40. The van der Waals surface area contributed by atoms with Crippen LogP contribution in [0.4, 0.5) is 5.69 Å². The first-order valence-electron chi connectivity index (χ1n) is 7.07. The molecule has 0 saturated heterocycles. The van der Waals surface area contributed by atoms with Gasteiger partial charge in [-0.1, -0.05) is 30.3 Å². The van der Waals surface area contributed by atoms with Crippen LogP contribution in [-0.4, -0.2) is 11.7 Å². The predicted molar refractivity (Wildman–Crippen MR) is 91.5 cm³/mol. The van der Waals surface area contributed by atoms with Gasteiger partial charge in [-0.3, -0.25) is 4.79 Å². The lowest BCUT2D eigenvalue weighted by molar-refractivity contribution is 0.0955. The SMILES string of the molecule is NC(=NNC(=O)c1ccccc1N)c1cc2ccccc2oc1=O. The van der Waals surface area contributed by atoms with Crippen LogP contribution in [0.1, 0.15) is 15.9 Å². The molecule has 0 radical (unpaired) electrons. The molecule has 0 unspecified atom stereocenters. The number of anilines is 1. The van der Waals surface area contributed by atoms with Gasteiger partial charge in [0.25, 0.3) is 5.91 Å². The van der Waals surface area contributed by atoms with Crippen molar-refractivity contribution in [2.75, 3.05) is 5.73 Å². The van der Waals surface area contributed by atoms with Crippen molar-refractivity contribution >= 4 is 28.4 Å². The summed E-state index contributed by atoms with van der Waals surface area (Å²) in [6.07, 6.45) is 0. The molecule has 1 aromatic heterocycles. The molecule has 120 valence electrons. The van der Waals surface area contributed by atoms with E-state index in [1.54, 1.807) is 54.6 Å². The first-order valence-corrected chi connectivity index (χ1v) is 7.07. The molecule has 0 aliphatic carbocycles. The van der Waals surface area contributed by atoms with Crippen LogP contribution in [-0.2, 0) is 0 Å². The van der Waals surface area contributed by atoms with E-state index in [0.717, 1.165) is 0 Å². The number of nitrogens with two attached hydrogens (primary N) is 2. The largest absolute Gasteiger partial charge is 0.422 e. The fourth-order valence-electron chi connectivity index (χ4n) is 2.18. The summed E-state index contributed by atoms with van der Waals surface area (Å²) in [5.41, 5.74) is 14.2. The second-order valence-electron chi connectivity index (χ2n) is 5.01. The summed E-state index contributed by atoms with van der Waals surface area (Å²) < 4.78 is 5.18. The zero-order chi connectivity index (χ0) is 17.1. The molecule has 0 aliphatic heterocycles. The third-order valence-corrected chi connectivity index (χ3v) is 3.40. The van der Waals surface area contributed by atoms with Crippen LogP contribution < -0.4 is 22.5 Å². The van der Waals surface area contributed by atoms with Crippen molar-refractivity contribution < 1.29 is 9.21 Å². The number of rotatable bonds is 3. The van der Waals surface area contributed by atoms with E-state index < -0.39 is 11.5 Å². The van der Waals surface area contributed by atoms with Gasteiger partial charge in [0.15, 0.2) is 5.84 Å². The number of nitrogens with zero attached hydrogens (tertiary/aromatic N) is 1. The number of hydrazone groups is 1. The minimum Gasteiger partial charge on any atom is -0.422 e. The van der Waals surface area contributed by atoms with Crippen molar-refractivity contribution in [3.63, 3.8) is 0 Å². The van der Waals surface area contributed by atoms with Gasteiger partial charge in [-0.25, -0.2) is 10.2 Å². The molecule has 0 spiro atoms. The number of amides is 1. The highest BCUT2D eigenvalue weighted by Gasteiger charge is 2.11. The van der Waals surface area contributed by atoms with Crippen molar-refractivity contribution in [3.8, 4) is 0 Å². The van der Waals surface area contributed by atoms with E-state index >= 15 is 0 Å². The zero-order valence-electron chi connectivity index (χ0n) is 12.5. The average molecular weight is 322 g/mol. The molecule has 0 saturated carbocycles. The Bertz CT molecular complexity index is 1010. The fraction of sp³-hybridized carbons (Fsp3) is 0. The second-order valence-corrected chi connectivity index (χ2v) is 5.01. The van der Waals surface area contributed by atoms with Crippen LogP contribution in [0, 0.1) is 0 Å². The number of para-hydroxylation sites is 2. The van der Waals surface area contributed by atoms with Gasteiger partial charge in [0.2, 0.25) is 0 Å². The number of nitrogens with one attached hydrogen (secondary N) is 1. The highest BCUT2D eigenvalue weighted by molar-refractivity contribution is 6.02. The van der Waals surface area contributed by atoms with E-state index in [0.29, 0.717) is 16.7 Å². The maximum atomic E-state index is 12.0. The minimum absolute atomic E-state index is 0.0648. The van der Waals surface area contributed by atoms with Crippen LogP contribution in [0.5, 0.6) is 0 Å². The van der Waals surface area contributed by atoms with Crippen molar-refractivity contribution in [1.82, 2.24) is 5.43 Å². The number of carbonyl (C=O) groups is 1. The van der Waals surface area contributed by atoms with Crippen LogP contribution in [0.15, 0.2) is 68.9 Å². The summed E-state index contributed by atoms with van der Waals surface area (Å²) in [6, 6.07) is 15.1. The van der Waals surface area contributed by atoms with E-state index in [4.69, 9.17) is 15.9 Å².